The van der Waals surface area contributed by atoms with Crippen molar-refractivity contribution in [2.24, 2.45) is 0 Å². The van der Waals surface area contributed by atoms with E-state index in [4.69, 9.17) is 5.26 Å². The van der Waals surface area contributed by atoms with E-state index in [1.165, 1.54) is 29.0 Å². The molecule has 1 aromatic heterocycles. The number of hydrogen-bond acceptors (Lipinski definition) is 3. The summed E-state index contributed by atoms with van der Waals surface area (Å²) in [4.78, 5) is 25.4. The lowest BCUT2D eigenvalue weighted by Crippen LogP contribution is -2.32. The van der Waals surface area contributed by atoms with Gasteiger partial charge in [-0.25, -0.2) is 9.18 Å². The van der Waals surface area contributed by atoms with Gasteiger partial charge in [-0.05, 0) is 30.2 Å². The van der Waals surface area contributed by atoms with Gasteiger partial charge in [-0.15, -0.1) is 0 Å². The zero-order valence-electron chi connectivity index (χ0n) is 10.8. The first-order chi connectivity index (χ1) is 9.55. The van der Waals surface area contributed by atoms with E-state index in [1.807, 2.05) is 6.07 Å². The summed E-state index contributed by atoms with van der Waals surface area (Å²) in [6.45, 7) is 1.82. The zero-order chi connectivity index (χ0) is 14.7. The number of halogens is 1. The molecule has 0 unspecified atom stereocenters. The minimum Gasteiger partial charge on any atom is -0.296 e. The Morgan fingerprint density at radius 3 is 2.75 bits per heavy atom. The second-order valence-electron chi connectivity index (χ2n) is 4.31. The molecule has 0 aliphatic heterocycles. The van der Waals surface area contributed by atoms with Crippen LogP contribution in [0.25, 0.3) is 0 Å². The van der Waals surface area contributed by atoms with E-state index < -0.39 is 17.1 Å². The van der Waals surface area contributed by atoms with Crippen LogP contribution in [0.5, 0.6) is 0 Å². The minimum absolute atomic E-state index is 0.0310. The van der Waals surface area contributed by atoms with Crippen molar-refractivity contribution in [2.75, 3.05) is 0 Å². The predicted molar refractivity (Wildman–Crippen MR) is 70.9 cm³/mol. The lowest BCUT2D eigenvalue weighted by molar-refractivity contribution is 0.621. The van der Waals surface area contributed by atoms with Crippen LogP contribution < -0.4 is 11.2 Å². The first kappa shape index (κ1) is 13.7. The Bertz CT molecular complexity index is 799. The highest BCUT2D eigenvalue weighted by Gasteiger charge is 2.08. The normalized spacial score (nSPS) is 10.2. The van der Waals surface area contributed by atoms with Crippen molar-refractivity contribution in [1.82, 2.24) is 9.55 Å². The fourth-order valence-electron chi connectivity index (χ4n) is 1.91. The summed E-state index contributed by atoms with van der Waals surface area (Å²) in [5.41, 5.74) is 0.139. The van der Waals surface area contributed by atoms with Crippen LogP contribution in [0.1, 0.15) is 23.6 Å². The van der Waals surface area contributed by atoms with Gasteiger partial charge in [-0.3, -0.25) is 14.3 Å². The third-order valence-corrected chi connectivity index (χ3v) is 2.99. The third kappa shape index (κ3) is 2.67. The van der Waals surface area contributed by atoms with Gasteiger partial charge in [-0.2, -0.15) is 5.26 Å². The molecule has 0 atom stereocenters. The molecule has 1 N–H and O–H groups in total. The summed E-state index contributed by atoms with van der Waals surface area (Å²) in [6.07, 6.45) is 1.91. The smallest absolute Gasteiger partial charge is 0.296 e. The van der Waals surface area contributed by atoms with Crippen LogP contribution in [0.15, 0.2) is 34.0 Å². The van der Waals surface area contributed by atoms with Crippen molar-refractivity contribution in [1.29, 1.82) is 5.26 Å². The van der Waals surface area contributed by atoms with Crippen molar-refractivity contribution in [3.8, 4) is 6.07 Å². The summed E-state index contributed by atoms with van der Waals surface area (Å²) < 4.78 is 14.5. The number of H-pyrrole nitrogens is 1. The number of nitrogens with zero attached hydrogens (tertiary/aromatic N) is 2. The number of rotatable bonds is 3. The zero-order valence-corrected chi connectivity index (χ0v) is 10.8. The second kappa shape index (κ2) is 5.53. The molecule has 0 spiro atoms. The highest BCUT2D eigenvalue weighted by atomic mass is 19.1. The molecule has 0 bridgehead atoms. The van der Waals surface area contributed by atoms with Crippen LogP contribution in [-0.2, 0) is 13.0 Å². The first-order valence-corrected chi connectivity index (χ1v) is 6.06. The molecule has 102 valence electrons. The first-order valence-electron chi connectivity index (χ1n) is 6.06. The average molecular weight is 273 g/mol. The SMILES string of the molecule is CCc1cn(Cc2cc(F)ccc2C#N)c(=O)[nH]c1=O. The van der Waals surface area contributed by atoms with Crippen molar-refractivity contribution in [3.63, 3.8) is 0 Å². The van der Waals surface area contributed by atoms with Crippen molar-refractivity contribution in [3.05, 3.63) is 67.7 Å². The molecule has 6 heteroatoms. The van der Waals surface area contributed by atoms with Gasteiger partial charge in [-0.1, -0.05) is 6.92 Å². The second-order valence-corrected chi connectivity index (χ2v) is 4.31. The monoisotopic (exact) mass is 273 g/mol. The highest BCUT2D eigenvalue weighted by molar-refractivity contribution is 5.38. The van der Waals surface area contributed by atoms with Gasteiger partial charge in [0, 0.05) is 11.8 Å². The quantitative estimate of drug-likeness (QED) is 0.911. The Hall–Kier alpha value is -2.68. The molecule has 0 radical (unpaired) electrons. The van der Waals surface area contributed by atoms with E-state index in [0.717, 1.165) is 0 Å². The minimum atomic E-state index is -0.583. The number of nitrogens with one attached hydrogen (secondary N) is 1. The van der Waals surface area contributed by atoms with Crippen LogP contribution in [0, 0.1) is 17.1 Å². The van der Waals surface area contributed by atoms with E-state index in [-0.39, 0.29) is 6.54 Å². The van der Waals surface area contributed by atoms with E-state index in [0.29, 0.717) is 23.1 Å². The molecule has 0 saturated heterocycles. The number of nitriles is 1. The topological polar surface area (TPSA) is 78.7 Å². The Kier molecular flexibility index (Phi) is 3.80. The number of aromatic nitrogens is 2. The fraction of sp³-hybridized carbons (Fsp3) is 0.214. The summed E-state index contributed by atoms with van der Waals surface area (Å²) >= 11 is 0. The van der Waals surface area contributed by atoms with Crippen LogP contribution in [-0.4, -0.2) is 9.55 Å². The molecule has 1 aromatic carbocycles. The molecule has 0 fully saturated rings. The lowest BCUT2D eigenvalue weighted by Gasteiger charge is -2.08. The standard InChI is InChI=1S/C14H12FN3O2/c1-2-9-7-18(14(20)17-13(9)19)8-11-5-12(15)4-3-10(11)6-16/h3-5,7H,2,8H2,1H3,(H,17,19,20). The maximum atomic E-state index is 13.2. The molecule has 0 aliphatic carbocycles. The number of aryl methyl sites for hydroxylation is 1. The Balaban J connectivity index is 2.50. The fourth-order valence-corrected chi connectivity index (χ4v) is 1.91. The Morgan fingerprint density at radius 1 is 1.35 bits per heavy atom. The van der Waals surface area contributed by atoms with Gasteiger partial charge in [0.05, 0.1) is 18.2 Å². The molecule has 2 rings (SSSR count). The molecule has 5 nitrogen and oxygen atoms in total. The van der Waals surface area contributed by atoms with E-state index in [9.17, 15) is 14.0 Å². The Morgan fingerprint density at radius 2 is 2.10 bits per heavy atom. The average Bonchev–Trinajstić information content (AvgIpc) is 2.42. The molecule has 0 aliphatic rings. The molecule has 2 aromatic rings. The van der Waals surface area contributed by atoms with Crippen LogP contribution in [0.3, 0.4) is 0 Å². The predicted octanol–water partition coefficient (Wildman–Crippen LogP) is 1.16. The number of aromatic amines is 1. The van der Waals surface area contributed by atoms with E-state index >= 15 is 0 Å². The summed E-state index contributed by atoms with van der Waals surface area (Å²) in [7, 11) is 0. The van der Waals surface area contributed by atoms with Gasteiger partial charge in [0.25, 0.3) is 5.56 Å². The maximum Gasteiger partial charge on any atom is 0.328 e. The van der Waals surface area contributed by atoms with Gasteiger partial charge >= 0.3 is 5.69 Å². The van der Waals surface area contributed by atoms with Crippen molar-refractivity contribution >= 4 is 0 Å². The number of benzene rings is 1. The van der Waals surface area contributed by atoms with Gasteiger partial charge in [0.15, 0.2) is 0 Å². The molecule has 0 saturated carbocycles. The summed E-state index contributed by atoms with van der Waals surface area (Å²) in [6, 6.07) is 5.71. The van der Waals surface area contributed by atoms with Gasteiger partial charge in [0.1, 0.15) is 5.82 Å². The lowest BCUT2D eigenvalue weighted by atomic mass is 10.1. The van der Waals surface area contributed by atoms with Gasteiger partial charge in [0.2, 0.25) is 0 Å². The maximum absolute atomic E-state index is 13.2. The van der Waals surface area contributed by atoms with Crippen LogP contribution in [0.4, 0.5) is 4.39 Å². The molecule has 20 heavy (non-hydrogen) atoms. The third-order valence-electron chi connectivity index (χ3n) is 2.99. The Labute approximate surface area is 113 Å². The summed E-state index contributed by atoms with van der Waals surface area (Å²) in [5, 5.41) is 8.98. The molecular weight excluding hydrogens is 261 g/mol. The van der Waals surface area contributed by atoms with Gasteiger partial charge < -0.3 is 0 Å². The van der Waals surface area contributed by atoms with Crippen molar-refractivity contribution in [2.45, 2.75) is 19.9 Å². The molecule has 1 heterocycles. The molecular formula is C14H12FN3O2. The largest absolute Gasteiger partial charge is 0.328 e. The van der Waals surface area contributed by atoms with E-state index in [2.05, 4.69) is 4.98 Å². The van der Waals surface area contributed by atoms with Crippen LogP contribution >= 0.6 is 0 Å². The van der Waals surface area contributed by atoms with Crippen LogP contribution in [0.2, 0.25) is 0 Å². The molecule has 0 amide bonds. The van der Waals surface area contributed by atoms with Crippen molar-refractivity contribution < 1.29 is 4.39 Å². The summed E-state index contributed by atoms with van der Waals surface area (Å²) in [5.74, 6) is -0.479. The number of hydrogen-bond donors (Lipinski definition) is 1. The van der Waals surface area contributed by atoms with E-state index in [1.54, 1.807) is 6.92 Å². The highest BCUT2D eigenvalue weighted by Crippen LogP contribution is 2.11.